The Morgan fingerprint density at radius 1 is 1.21 bits per heavy atom. The lowest BCUT2D eigenvalue weighted by molar-refractivity contribution is -0.357. The highest BCUT2D eigenvalue weighted by atomic mass is 35.5. The number of alkyl halides is 3. The van der Waals surface area contributed by atoms with Crippen LogP contribution in [0.25, 0.3) is 0 Å². The van der Waals surface area contributed by atoms with E-state index >= 15 is 0 Å². The molecule has 4 aliphatic rings. The lowest BCUT2D eigenvalue weighted by atomic mass is 9.39. The number of hydrogen-bond donors (Lipinski definition) is 1. The first kappa shape index (κ1) is 23.3. The van der Waals surface area contributed by atoms with Gasteiger partial charge < -0.3 is 19.2 Å². The normalized spacial score (nSPS) is 29.6. The number of carbonyl (C=O) groups is 1. The smallest absolute Gasteiger partial charge is 0.484 e. The fourth-order valence-corrected chi connectivity index (χ4v) is 4.97. The van der Waals surface area contributed by atoms with Crippen LogP contribution in [0.2, 0.25) is 5.02 Å². The summed E-state index contributed by atoms with van der Waals surface area (Å²) in [5.74, 6) is 0.0785. The van der Waals surface area contributed by atoms with Crippen LogP contribution in [0.3, 0.4) is 0 Å². The number of ether oxygens (including phenoxy) is 3. The maximum atomic E-state index is 13.5. The van der Waals surface area contributed by atoms with Crippen LogP contribution in [0.5, 0.6) is 5.75 Å². The molecule has 0 spiro atoms. The summed E-state index contributed by atoms with van der Waals surface area (Å²) < 4.78 is 70.3. The third-order valence-corrected chi connectivity index (χ3v) is 6.72. The number of nitrogens with one attached hydrogen (secondary N) is 1. The molecule has 0 unspecified atom stereocenters. The largest absolute Gasteiger partial charge is 0.522 e. The molecule has 1 heterocycles. The molecule has 34 heavy (non-hydrogen) atoms. The van der Waals surface area contributed by atoms with Crippen molar-refractivity contribution >= 4 is 17.5 Å². The molecule has 13 heteroatoms. The number of carbonyl (C=O) groups excluding carboxylic acids is 1. The van der Waals surface area contributed by atoms with E-state index in [1.54, 1.807) is 0 Å². The monoisotopic (exact) mass is 505 g/mol. The molecule has 1 aromatic heterocycles. The Hall–Kier alpha value is -2.44. The minimum atomic E-state index is -4.66. The van der Waals surface area contributed by atoms with Gasteiger partial charge in [0.1, 0.15) is 18.2 Å². The second kappa shape index (κ2) is 8.35. The zero-order valence-electron chi connectivity index (χ0n) is 17.7. The number of aromatic nitrogens is 2. The second-order valence-electron chi connectivity index (χ2n) is 9.09. The molecule has 8 nitrogen and oxygen atoms in total. The second-order valence-corrected chi connectivity index (χ2v) is 9.50. The lowest BCUT2D eigenvalue weighted by Crippen LogP contribution is -2.77. The van der Waals surface area contributed by atoms with Crippen LogP contribution in [0.4, 0.5) is 17.6 Å². The molecule has 2 bridgehead atoms. The van der Waals surface area contributed by atoms with Crippen molar-refractivity contribution in [2.24, 2.45) is 0 Å². The van der Waals surface area contributed by atoms with E-state index in [2.05, 4.69) is 20.3 Å². The molecule has 1 N–H and O–H groups in total. The standard InChI is InChI=1S/C21H20ClF4N3O5/c22-14-2-1-11(5-15(14)23)32-7-17-28-29-18(33-17)19-8-20(9-19,10-19)27-16(30)6-31-12-3-13(4-12)34-21(24,25)26/h1-2,5,12-13H,3-4,6-10H2,(H,27,30)/t12-,13+,19?,20?. The Morgan fingerprint density at radius 2 is 1.94 bits per heavy atom. The van der Waals surface area contributed by atoms with Crippen LogP contribution < -0.4 is 10.1 Å². The van der Waals surface area contributed by atoms with E-state index in [4.69, 9.17) is 25.5 Å². The van der Waals surface area contributed by atoms with E-state index < -0.39 is 24.4 Å². The van der Waals surface area contributed by atoms with Gasteiger partial charge in [-0.15, -0.1) is 23.4 Å². The van der Waals surface area contributed by atoms with Crippen molar-refractivity contribution in [3.8, 4) is 5.75 Å². The summed E-state index contributed by atoms with van der Waals surface area (Å²) in [6, 6.07) is 4.08. The van der Waals surface area contributed by atoms with Crippen LogP contribution in [0.15, 0.2) is 22.6 Å². The summed E-state index contributed by atoms with van der Waals surface area (Å²) in [7, 11) is 0. The summed E-state index contributed by atoms with van der Waals surface area (Å²) in [6.07, 6.45) is -3.85. The van der Waals surface area contributed by atoms with Gasteiger partial charge in [-0.2, -0.15) is 0 Å². The van der Waals surface area contributed by atoms with Gasteiger partial charge in [-0.25, -0.2) is 4.39 Å². The van der Waals surface area contributed by atoms with Gasteiger partial charge in [0.2, 0.25) is 11.8 Å². The number of amides is 1. The number of benzene rings is 1. The van der Waals surface area contributed by atoms with Crippen LogP contribution in [0, 0.1) is 5.82 Å². The zero-order chi connectivity index (χ0) is 24.1. The lowest BCUT2D eigenvalue weighted by Gasteiger charge is -2.68. The molecule has 0 aliphatic heterocycles. The van der Waals surface area contributed by atoms with E-state index in [0.29, 0.717) is 25.2 Å². The van der Waals surface area contributed by atoms with Crippen LogP contribution in [-0.2, 0) is 26.3 Å². The van der Waals surface area contributed by atoms with E-state index in [1.807, 2.05) is 0 Å². The van der Waals surface area contributed by atoms with Crippen LogP contribution >= 0.6 is 11.6 Å². The highest BCUT2D eigenvalue weighted by Gasteiger charge is 2.71. The molecule has 1 amide bonds. The first-order chi connectivity index (χ1) is 16.0. The minimum absolute atomic E-state index is 0.00385. The van der Waals surface area contributed by atoms with E-state index in [-0.39, 0.29) is 59.6 Å². The maximum Gasteiger partial charge on any atom is 0.522 e. The molecule has 1 aromatic carbocycles. The van der Waals surface area contributed by atoms with E-state index in [1.165, 1.54) is 12.1 Å². The van der Waals surface area contributed by atoms with Gasteiger partial charge in [-0.05, 0) is 31.4 Å². The van der Waals surface area contributed by atoms with Crippen LogP contribution in [0.1, 0.15) is 43.9 Å². The quantitative estimate of drug-likeness (QED) is 0.518. The number of hydrogen-bond acceptors (Lipinski definition) is 7. The fraction of sp³-hybridized carbons (Fsp3) is 0.571. The van der Waals surface area contributed by atoms with Crippen molar-refractivity contribution in [2.45, 2.75) is 68.2 Å². The minimum Gasteiger partial charge on any atom is -0.484 e. The fourth-order valence-electron chi connectivity index (χ4n) is 4.85. The highest BCUT2D eigenvalue weighted by molar-refractivity contribution is 6.30. The Morgan fingerprint density at radius 3 is 2.62 bits per heavy atom. The third kappa shape index (κ3) is 4.71. The molecule has 6 rings (SSSR count). The van der Waals surface area contributed by atoms with Crippen molar-refractivity contribution < 1.29 is 41.0 Å². The predicted molar refractivity (Wildman–Crippen MR) is 106 cm³/mol. The Labute approximate surface area is 195 Å². The highest BCUT2D eigenvalue weighted by Crippen LogP contribution is 2.67. The van der Waals surface area contributed by atoms with Gasteiger partial charge in [0.25, 0.3) is 5.89 Å². The molecule has 2 aromatic rings. The molecule has 4 saturated carbocycles. The molecule has 0 atom stereocenters. The van der Waals surface area contributed by atoms with Gasteiger partial charge in [0.05, 0.1) is 22.6 Å². The average Bonchev–Trinajstić information content (AvgIpc) is 3.14. The summed E-state index contributed by atoms with van der Waals surface area (Å²) >= 11 is 5.64. The van der Waals surface area contributed by atoms with E-state index in [0.717, 1.165) is 6.07 Å². The van der Waals surface area contributed by atoms with Gasteiger partial charge in [0, 0.05) is 24.4 Å². The first-order valence-electron chi connectivity index (χ1n) is 10.6. The Kier molecular flexibility index (Phi) is 5.72. The number of halogens is 5. The molecular weight excluding hydrogens is 486 g/mol. The maximum absolute atomic E-state index is 13.5. The summed E-state index contributed by atoms with van der Waals surface area (Å²) in [5, 5.41) is 11.0. The molecular formula is C21H20ClF4N3O5. The predicted octanol–water partition coefficient (Wildman–Crippen LogP) is 3.82. The topological polar surface area (TPSA) is 95.7 Å². The molecule has 0 radical (unpaired) electrons. The summed E-state index contributed by atoms with van der Waals surface area (Å²) in [6.45, 7) is -0.245. The average molecular weight is 506 g/mol. The molecule has 184 valence electrons. The Bertz CT molecular complexity index is 1070. The molecule has 0 saturated heterocycles. The van der Waals surface area contributed by atoms with Crippen molar-refractivity contribution in [1.29, 1.82) is 0 Å². The molecule has 4 fully saturated rings. The van der Waals surface area contributed by atoms with Gasteiger partial charge in [0.15, 0.2) is 6.61 Å². The first-order valence-corrected chi connectivity index (χ1v) is 11.0. The third-order valence-electron chi connectivity index (χ3n) is 6.41. The van der Waals surface area contributed by atoms with Gasteiger partial charge in [-0.1, -0.05) is 11.6 Å². The van der Waals surface area contributed by atoms with Crippen molar-refractivity contribution in [2.75, 3.05) is 6.61 Å². The van der Waals surface area contributed by atoms with Crippen molar-refractivity contribution in [3.63, 3.8) is 0 Å². The van der Waals surface area contributed by atoms with E-state index in [9.17, 15) is 22.4 Å². The number of rotatable bonds is 9. The SMILES string of the molecule is O=C(CO[C@H]1C[C@@H](OC(F)(F)F)C1)NC12CC(c3nnc(COc4ccc(Cl)c(F)c4)o3)(C1)C2. The Balaban J connectivity index is 1.03. The number of nitrogens with zero attached hydrogens (tertiary/aromatic N) is 2. The van der Waals surface area contributed by atoms with Gasteiger partial charge >= 0.3 is 6.36 Å². The van der Waals surface area contributed by atoms with Gasteiger partial charge in [-0.3, -0.25) is 9.53 Å². The molecule has 4 aliphatic carbocycles. The summed E-state index contributed by atoms with van der Waals surface area (Å²) in [4.78, 5) is 12.2. The van der Waals surface area contributed by atoms with Crippen LogP contribution in [-0.4, -0.2) is 46.8 Å². The van der Waals surface area contributed by atoms with Crippen molar-refractivity contribution in [3.05, 3.63) is 40.8 Å². The zero-order valence-corrected chi connectivity index (χ0v) is 18.4. The summed E-state index contributed by atoms with van der Waals surface area (Å²) in [5.41, 5.74) is -0.643. The van der Waals surface area contributed by atoms with Crippen molar-refractivity contribution in [1.82, 2.24) is 15.5 Å².